The Bertz CT molecular complexity index is 737. The van der Waals surface area contributed by atoms with E-state index in [1.54, 1.807) is 23.5 Å². The van der Waals surface area contributed by atoms with Gasteiger partial charge >= 0.3 is 0 Å². The zero-order valence-electron chi connectivity index (χ0n) is 11.1. The molecular weight excluding hydrogens is 442 g/mol. The average Bonchev–Trinajstić information content (AvgIpc) is 2.72. The van der Waals surface area contributed by atoms with Crippen LogP contribution in [0.5, 0.6) is 0 Å². The van der Waals surface area contributed by atoms with Crippen LogP contribution in [-0.2, 0) is 16.4 Å². The minimum absolute atomic E-state index is 0.145. The van der Waals surface area contributed by atoms with Crippen molar-refractivity contribution >= 4 is 58.9 Å². The first kappa shape index (κ1) is 16.9. The van der Waals surface area contributed by atoms with Crippen LogP contribution in [0.25, 0.3) is 0 Å². The number of hydrogen-bond donors (Lipinski definition) is 2. The van der Waals surface area contributed by atoms with Gasteiger partial charge < -0.3 is 5.73 Å². The highest BCUT2D eigenvalue weighted by Crippen LogP contribution is 2.32. The Morgan fingerprint density at radius 3 is 2.48 bits per heavy atom. The van der Waals surface area contributed by atoms with E-state index in [4.69, 9.17) is 5.73 Å². The first-order chi connectivity index (χ1) is 9.79. The SMILES string of the molecule is Cc1nc(CCNS(=O)(=O)c2c(Br)cc(N)cc2Br)cs1. The predicted molar refractivity (Wildman–Crippen MR) is 92.0 cm³/mol. The van der Waals surface area contributed by atoms with Crippen molar-refractivity contribution < 1.29 is 8.42 Å². The summed E-state index contributed by atoms with van der Waals surface area (Å²) in [6, 6.07) is 3.12. The van der Waals surface area contributed by atoms with Gasteiger partial charge in [-0.05, 0) is 50.9 Å². The van der Waals surface area contributed by atoms with Gasteiger partial charge in [0, 0.05) is 33.0 Å². The molecule has 1 aromatic carbocycles. The summed E-state index contributed by atoms with van der Waals surface area (Å²) in [5.41, 5.74) is 7.03. The lowest BCUT2D eigenvalue weighted by atomic mass is 10.3. The number of nitrogens with zero attached hydrogens (tertiary/aromatic N) is 1. The summed E-state index contributed by atoms with van der Waals surface area (Å²) < 4.78 is 28.1. The third kappa shape index (κ3) is 4.26. The lowest BCUT2D eigenvalue weighted by Crippen LogP contribution is -2.26. The van der Waals surface area contributed by atoms with Crippen molar-refractivity contribution in [3.63, 3.8) is 0 Å². The summed E-state index contributed by atoms with van der Waals surface area (Å²) in [6.07, 6.45) is 0.549. The highest BCUT2D eigenvalue weighted by molar-refractivity contribution is 9.11. The summed E-state index contributed by atoms with van der Waals surface area (Å²) in [5.74, 6) is 0. The van der Waals surface area contributed by atoms with Crippen LogP contribution >= 0.6 is 43.2 Å². The van der Waals surface area contributed by atoms with Gasteiger partial charge in [0.1, 0.15) is 4.90 Å². The van der Waals surface area contributed by atoms with Crippen molar-refractivity contribution in [3.05, 3.63) is 37.2 Å². The van der Waals surface area contributed by atoms with Crippen molar-refractivity contribution in [3.8, 4) is 0 Å². The molecule has 5 nitrogen and oxygen atoms in total. The molecule has 0 aliphatic carbocycles. The summed E-state index contributed by atoms with van der Waals surface area (Å²) in [5, 5.41) is 2.90. The van der Waals surface area contributed by atoms with Crippen LogP contribution < -0.4 is 10.5 Å². The quantitative estimate of drug-likeness (QED) is 0.679. The highest BCUT2D eigenvalue weighted by atomic mass is 79.9. The number of nitrogens with one attached hydrogen (secondary N) is 1. The molecular formula is C12H13Br2N3O2S2. The molecule has 1 aromatic heterocycles. The van der Waals surface area contributed by atoms with Gasteiger partial charge in [0.15, 0.2) is 0 Å². The molecule has 0 aliphatic rings. The molecule has 0 saturated carbocycles. The van der Waals surface area contributed by atoms with Crippen LogP contribution in [0.3, 0.4) is 0 Å². The Balaban J connectivity index is 2.12. The number of sulfonamides is 1. The number of halogens is 2. The number of hydrogen-bond acceptors (Lipinski definition) is 5. The second kappa shape index (κ2) is 6.74. The molecule has 0 atom stereocenters. The Kier molecular flexibility index (Phi) is 5.42. The second-order valence-electron chi connectivity index (χ2n) is 4.32. The smallest absolute Gasteiger partial charge is 0.242 e. The topological polar surface area (TPSA) is 85.1 Å². The fourth-order valence-corrected chi connectivity index (χ4v) is 6.04. The number of rotatable bonds is 5. The van der Waals surface area contributed by atoms with E-state index in [0.29, 0.717) is 21.1 Å². The Hall–Kier alpha value is -0.480. The summed E-state index contributed by atoms with van der Waals surface area (Å²) >= 11 is 8.02. The molecule has 0 fully saturated rings. The van der Waals surface area contributed by atoms with Crippen LogP contribution in [0.1, 0.15) is 10.7 Å². The maximum atomic E-state index is 12.4. The van der Waals surface area contributed by atoms with E-state index in [1.807, 2.05) is 12.3 Å². The average molecular weight is 455 g/mol. The normalized spacial score (nSPS) is 11.8. The summed E-state index contributed by atoms with van der Waals surface area (Å²) in [4.78, 5) is 4.44. The van der Waals surface area contributed by atoms with Crippen molar-refractivity contribution in [2.45, 2.75) is 18.2 Å². The molecule has 114 valence electrons. The molecule has 1 heterocycles. The van der Waals surface area contributed by atoms with E-state index in [2.05, 4.69) is 41.6 Å². The van der Waals surface area contributed by atoms with Gasteiger partial charge in [-0.2, -0.15) is 0 Å². The number of anilines is 1. The Morgan fingerprint density at radius 2 is 1.95 bits per heavy atom. The zero-order chi connectivity index (χ0) is 15.6. The van der Waals surface area contributed by atoms with E-state index in [9.17, 15) is 8.42 Å². The first-order valence-electron chi connectivity index (χ1n) is 5.95. The van der Waals surface area contributed by atoms with Gasteiger partial charge in [0.2, 0.25) is 10.0 Å². The molecule has 2 aromatic rings. The molecule has 0 radical (unpaired) electrons. The van der Waals surface area contributed by atoms with Gasteiger partial charge in [-0.15, -0.1) is 11.3 Å². The Labute approximate surface area is 144 Å². The monoisotopic (exact) mass is 453 g/mol. The zero-order valence-corrected chi connectivity index (χ0v) is 15.9. The lowest BCUT2D eigenvalue weighted by Gasteiger charge is -2.10. The fraction of sp³-hybridized carbons (Fsp3) is 0.250. The molecule has 9 heteroatoms. The lowest BCUT2D eigenvalue weighted by molar-refractivity contribution is 0.580. The molecule has 2 rings (SSSR count). The van der Waals surface area contributed by atoms with Crippen molar-refractivity contribution in [1.82, 2.24) is 9.71 Å². The molecule has 3 N–H and O–H groups in total. The van der Waals surface area contributed by atoms with Crippen molar-refractivity contribution in [2.75, 3.05) is 12.3 Å². The summed E-state index contributed by atoms with van der Waals surface area (Å²) in [6.45, 7) is 2.20. The van der Waals surface area contributed by atoms with Crippen molar-refractivity contribution in [1.29, 1.82) is 0 Å². The van der Waals surface area contributed by atoms with Gasteiger partial charge in [-0.1, -0.05) is 0 Å². The fourth-order valence-electron chi connectivity index (χ4n) is 1.74. The number of benzene rings is 1. The molecule has 0 unspecified atom stereocenters. The third-order valence-electron chi connectivity index (χ3n) is 2.63. The number of nitrogen functional groups attached to an aromatic ring is 1. The van der Waals surface area contributed by atoms with Crippen LogP contribution in [-0.4, -0.2) is 19.9 Å². The van der Waals surface area contributed by atoms with Crippen LogP contribution in [0.2, 0.25) is 0 Å². The van der Waals surface area contributed by atoms with Crippen LogP contribution in [0, 0.1) is 6.92 Å². The Morgan fingerprint density at radius 1 is 1.33 bits per heavy atom. The van der Waals surface area contributed by atoms with Crippen LogP contribution in [0.15, 0.2) is 31.4 Å². The standard InChI is InChI=1S/C12H13Br2N3O2S2/c1-7-17-9(6-20-7)2-3-16-21(18,19)12-10(13)4-8(15)5-11(12)14/h4-6,16H,2-3,15H2,1H3. The van der Waals surface area contributed by atoms with Gasteiger partial charge in [-0.25, -0.2) is 18.1 Å². The molecule has 21 heavy (non-hydrogen) atoms. The van der Waals surface area contributed by atoms with E-state index < -0.39 is 10.0 Å². The predicted octanol–water partition coefficient (Wildman–Crippen LogP) is 3.08. The maximum absolute atomic E-state index is 12.4. The largest absolute Gasteiger partial charge is 0.399 e. The third-order valence-corrected chi connectivity index (χ3v) is 6.79. The van der Waals surface area contributed by atoms with E-state index in [1.165, 1.54) is 0 Å². The minimum atomic E-state index is -3.63. The second-order valence-corrected chi connectivity index (χ2v) is 8.79. The van der Waals surface area contributed by atoms with E-state index >= 15 is 0 Å². The van der Waals surface area contributed by atoms with Gasteiger partial charge in [-0.3, -0.25) is 0 Å². The number of aromatic nitrogens is 1. The van der Waals surface area contributed by atoms with Gasteiger partial charge in [0.25, 0.3) is 0 Å². The minimum Gasteiger partial charge on any atom is -0.399 e. The highest BCUT2D eigenvalue weighted by Gasteiger charge is 2.21. The molecule has 0 saturated heterocycles. The first-order valence-corrected chi connectivity index (χ1v) is 9.89. The summed E-state index contributed by atoms with van der Waals surface area (Å²) in [7, 11) is -3.63. The molecule has 0 spiro atoms. The maximum Gasteiger partial charge on any atom is 0.242 e. The molecule has 0 bridgehead atoms. The number of thiazole rings is 1. The van der Waals surface area contributed by atoms with Crippen molar-refractivity contribution in [2.24, 2.45) is 0 Å². The van der Waals surface area contributed by atoms with E-state index in [-0.39, 0.29) is 11.4 Å². The number of aryl methyl sites for hydroxylation is 1. The number of nitrogens with two attached hydrogens (primary N) is 1. The molecule has 0 amide bonds. The van der Waals surface area contributed by atoms with Crippen LogP contribution in [0.4, 0.5) is 5.69 Å². The molecule has 0 aliphatic heterocycles. The van der Waals surface area contributed by atoms with E-state index in [0.717, 1.165) is 10.7 Å². The van der Waals surface area contributed by atoms with Gasteiger partial charge in [0.05, 0.1) is 10.7 Å².